The van der Waals surface area contributed by atoms with Gasteiger partial charge in [0.25, 0.3) is 15.9 Å². The first-order valence-electron chi connectivity index (χ1n) is 13.6. The Morgan fingerprint density at radius 3 is 2.17 bits per heavy atom. The van der Waals surface area contributed by atoms with Crippen molar-refractivity contribution in [1.82, 2.24) is 10.2 Å². The minimum Gasteiger partial charge on any atom is -0.456 e. The number of sulfonamides is 1. The van der Waals surface area contributed by atoms with E-state index in [0.717, 1.165) is 51.7 Å². The Labute approximate surface area is 247 Å². The number of nitrogens with one attached hydrogen (secondary N) is 2. The van der Waals surface area contributed by atoms with Gasteiger partial charge in [0.2, 0.25) is 0 Å². The van der Waals surface area contributed by atoms with E-state index in [4.69, 9.17) is 27.9 Å². The average Bonchev–Trinajstić information content (AvgIpc) is 2.94. The predicted octanol–water partition coefficient (Wildman–Crippen LogP) is 7.61. The molecule has 2 N–H and O–H groups in total. The number of para-hydroxylation sites is 1. The average molecular weight is 607 g/mol. The van der Waals surface area contributed by atoms with E-state index in [0.29, 0.717) is 28.1 Å². The van der Waals surface area contributed by atoms with Crippen LogP contribution in [0.15, 0.2) is 71.6 Å². The van der Waals surface area contributed by atoms with Crippen LogP contribution < -0.4 is 14.8 Å². The summed E-state index contributed by atoms with van der Waals surface area (Å²) in [5, 5.41) is 3.69. The summed E-state index contributed by atoms with van der Waals surface area (Å²) >= 11 is 12.3. The lowest BCUT2D eigenvalue weighted by atomic mass is 10.1. The Kier molecular flexibility index (Phi) is 12.6. The van der Waals surface area contributed by atoms with Gasteiger partial charge in [-0.1, -0.05) is 62.0 Å². The van der Waals surface area contributed by atoms with E-state index in [1.807, 2.05) is 0 Å². The third-order valence-electron chi connectivity index (χ3n) is 6.26. The number of rotatable bonds is 16. The molecule has 3 aromatic carbocycles. The molecule has 40 heavy (non-hydrogen) atoms. The Bertz CT molecular complexity index is 1340. The molecule has 0 aliphatic rings. The van der Waals surface area contributed by atoms with Gasteiger partial charge in [0.1, 0.15) is 11.5 Å². The largest absolute Gasteiger partial charge is 0.456 e. The van der Waals surface area contributed by atoms with E-state index in [1.165, 1.54) is 42.5 Å². The second kappa shape index (κ2) is 15.9. The summed E-state index contributed by atoms with van der Waals surface area (Å²) in [4.78, 5) is 15.5. The molecule has 3 aromatic rings. The van der Waals surface area contributed by atoms with Crippen molar-refractivity contribution in [3.63, 3.8) is 0 Å². The van der Waals surface area contributed by atoms with Crippen molar-refractivity contribution >= 4 is 44.8 Å². The summed E-state index contributed by atoms with van der Waals surface area (Å²) in [5.41, 5.74) is 0.300. The molecule has 0 radical (unpaired) electrons. The van der Waals surface area contributed by atoms with Crippen LogP contribution in [0.4, 0.5) is 5.69 Å². The van der Waals surface area contributed by atoms with E-state index in [-0.39, 0.29) is 16.1 Å². The van der Waals surface area contributed by atoms with Gasteiger partial charge in [0, 0.05) is 11.6 Å². The van der Waals surface area contributed by atoms with Crippen LogP contribution in [0.2, 0.25) is 10.0 Å². The summed E-state index contributed by atoms with van der Waals surface area (Å²) in [5.74, 6) is 0.503. The maximum atomic E-state index is 13.1. The molecule has 0 aliphatic carbocycles. The number of amides is 1. The molecule has 0 aliphatic heterocycles. The maximum Gasteiger partial charge on any atom is 0.261 e. The van der Waals surface area contributed by atoms with Gasteiger partial charge >= 0.3 is 0 Å². The number of anilines is 1. The molecule has 1 amide bonds. The van der Waals surface area contributed by atoms with Gasteiger partial charge in [-0.3, -0.25) is 9.52 Å². The van der Waals surface area contributed by atoms with Gasteiger partial charge in [-0.15, -0.1) is 0 Å². The third kappa shape index (κ3) is 9.70. The van der Waals surface area contributed by atoms with Crippen LogP contribution in [0.3, 0.4) is 0 Å². The smallest absolute Gasteiger partial charge is 0.261 e. The second-order valence-electron chi connectivity index (χ2n) is 9.46. The highest BCUT2D eigenvalue weighted by Gasteiger charge is 2.20. The number of halogens is 2. The molecule has 0 aromatic heterocycles. The Balaban J connectivity index is 1.64. The normalized spacial score (nSPS) is 11.4. The number of carbonyl (C=O) groups excluding carboxylic acids is 1. The molecule has 10 heteroatoms. The summed E-state index contributed by atoms with van der Waals surface area (Å²) in [6.07, 6.45) is 5.39. The molecule has 0 spiro atoms. The van der Waals surface area contributed by atoms with Crippen molar-refractivity contribution in [2.24, 2.45) is 0 Å². The van der Waals surface area contributed by atoms with E-state index in [2.05, 4.69) is 28.8 Å². The first kappa shape index (κ1) is 31.7. The Hall–Kier alpha value is -2.78. The van der Waals surface area contributed by atoms with E-state index >= 15 is 0 Å². The molecular weight excluding hydrogens is 569 g/mol. The highest BCUT2D eigenvalue weighted by atomic mass is 35.5. The number of hydrogen-bond acceptors (Lipinski definition) is 5. The van der Waals surface area contributed by atoms with Crippen LogP contribution in [0.25, 0.3) is 0 Å². The van der Waals surface area contributed by atoms with E-state index in [1.54, 1.807) is 24.3 Å². The zero-order valence-corrected chi connectivity index (χ0v) is 25.3. The first-order valence-corrected chi connectivity index (χ1v) is 15.8. The summed E-state index contributed by atoms with van der Waals surface area (Å²) < 4.78 is 34.6. The molecule has 3 rings (SSSR count). The van der Waals surface area contributed by atoms with Crippen LogP contribution >= 0.6 is 23.2 Å². The van der Waals surface area contributed by atoms with Crippen molar-refractivity contribution in [2.45, 2.75) is 50.8 Å². The molecule has 0 saturated heterocycles. The van der Waals surface area contributed by atoms with Crippen molar-refractivity contribution in [3.8, 4) is 11.5 Å². The number of ether oxygens (including phenoxy) is 1. The number of nitrogens with zero attached hydrogens (tertiary/aromatic N) is 1. The highest BCUT2D eigenvalue weighted by Crippen LogP contribution is 2.30. The fourth-order valence-corrected chi connectivity index (χ4v) is 5.46. The van der Waals surface area contributed by atoms with Crippen LogP contribution in [-0.4, -0.2) is 45.4 Å². The Morgan fingerprint density at radius 1 is 0.875 bits per heavy atom. The lowest BCUT2D eigenvalue weighted by molar-refractivity contribution is 0.0952. The topological polar surface area (TPSA) is 87.7 Å². The lowest BCUT2D eigenvalue weighted by Crippen LogP contribution is -2.31. The molecule has 7 nitrogen and oxygen atoms in total. The second-order valence-corrected chi connectivity index (χ2v) is 12.0. The summed E-state index contributed by atoms with van der Waals surface area (Å²) in [7, 11) is -4.00. The quantitative estimate of drug-likeness (QED) is 0.164. The monoisotopic (exact) mass is 605 g/mol. The van der Waals surface area contributed by atoms with Gasteiger partial charge in [0.05, 0.1) is 21.2 Å². The van der Waals surface area contributed by atoms with Crippen molar-refractivity contribution in [2.75, 3.05) is 30.9 Å². The maximum absolute atomic E-state index is 13.1. The SMILES string of the molecule is CCCCN(CCCC)CCCNC(=O)c1cc(Cl)ccc1NS(=O)(=O)c1ccc(Oc2ccccc2Cl)cc1. The van der Waals surface area contributed by atoms with Gasteiger partial charge in [-0.2, -0.15) is 0 Å². The van der Waals surface area contributed by atoms with Gasteiger partial charge in [-0.05, 0) is 93.5 Å². The van der Waals surface area contributed by atoms with Crippen LogP contribution in [0.5, 0.6) is 11.5 Å². The van der Waals surface area contributed by atoms with Gasteiger partial charge < -0.3 is 15.0 Å². The van der Waals surface area contributed by atoms with E-state index < -0.39 is 15.9 Å². The predicted molar refractivity (Wildman–Crippen MR) is 163 cm³/mol. The molecule has 0 bridgehead atoms. The molecule has 0 saturated carbocycles. The molecule has 0 atom stereocenters. The number of hydrogen-bond donors (Lipinski definition) is 2. The van der Waals surface area contributed by atoms with Crippen LogP contribution in [0.1, 0.15) is 56.3 Å². The minimum atomic E-state index is -4.00. The van der Waals surface area contributed by atoms with Gasteiger partial charge in [0.15, 0.2) is 0 Å². The molecule has 0 heterocycles. The number of carbonyl (C=O) groups is 1. The van der Waals surface area contributed by atoms with Crippen molar-refractivity contribution in [1.29, 1.82) is 0 Å². The highest BCUT2D eigenvalue weighted by molar-refractivity contribution is 7.92. The summed E-state index contributed by atoms with van der Waals surface area (Å²) in [6, 6.07) is 17.4. The summed E-state index contributed by atoms with van der Waals surface area (Å²) in [6.45, 7) is 7.84. The van der Waals surface area contributed by atoms with Crippen molar-refractivity contribution in [3.05, 3.63) is 82.3 Å². The Morgan fingerprint density at radius 2 is 1.52 bits per heavy atom. The fraction of sp³-hybridized carbons (Fsp3) is 0.367. The fourth-order valence-electron chi connectivity index (χ4n) is 4.04. The molecule has 0 fully saturated rings. The van der Waals surface area contributed by atoms with E-state index in [9.17, 15) is 13.2 Å². The standard InChI is InChI=1S/C30H37Cl2N3O4S/c1-3-5-19-35(20-6-4-2)21-9-18-33-30(36)26-22-23(31)12-17-28(26)34-40(37,38)25-15-13-24(14-16-25)39-29-11-8-7-10-27(29)32/h7-8,10-17,22,34H,3-6,9,18-21H2,1-2H3,(H,33,36). The van der Waals surface area contributed by atoms with Gasteiger partial charge in [-0.25, -0.2) is 8.42 Å². The van der Waals surface area contributed by atoms with Crippen molar-refractivity contribution < 1.29 is 17.9 Å². The lowest BCUT2D eigenvalue weighted by Gasteiger charge is -2.22. The number of unbranched alkanes of at least 4 members (excludes halogenated alkanes) is 2. The number of benzene rings is 3. The molecular formula is C30H37Cl2N3O4S. The zero-order valence-electron chi connectivity index (χ0n) is 23.0. The van der Waals surface area contributed by atoms with Crippen LogP contribution in [0, 0.1) is 0 Å². The molecule has 216 valence electrons. The minimum absolute atomic E-state index is 0.0135. The molecule has 0 unspecified atom stereocenters. The first-order chi connectivity index (χ1) is 19.2. The zero-order chi connectivity index (χ0) is 29.0. The van der Waals surface area contributed by atoms with Crippen LogP contribution in [-0.2, 0) is 10.0 Å². The third-order valence-corrected chi connectivity index (χ3v) is 8.19.